The molecule has 2 atom stereocenters. The summed E-state index contributed by atoms with van der Waals surface area (Å²) in [6.07, 6.45) is -3.84. The Morgan fingerprint density at radius 3 is 2.36 bits per heavy atom. The van der Waals surface area contributed by atoms with Gasteiger partial charge in [0.1, 0.15) is 0 Å². The number of hydrogen-bond donors (Lipinski definition) is 0. The first kappa shape index (κ1) is 17.7. The number of rotatable bonds is 1. The molecule has 1 aliphatic carbocycles. The minimum atomic E-state index is -4.25. The average molecular weight is 346 g/mol. The van der Waals surface area contributed by atoms with Gasteiger partial charge in [-0.25, -0.2) is 0 Å². The van der Waals surface area contributed by atoms with Crippen molar-refractivity contribution in [2.24, 2.45) is 0 Å². The number of carbonyl (C=O) groups excluding carboxylic acids is 1. The number of alkyl halides is 3. The zero-order chi connectivity index (χ0) is 18.0. The summed E-state index contributed by atoms with van der Waals surface area (Å²) in [6, 6.07) is 14.5. The summed E-state index contributed by atoms with van der Waals surface area (Å²) in [6.45, 7) is 1.99. The molecule has 25 heavy (non-hydrogen) atoms. The van der Waals surface area contributed by atoms with E-state index in [1.165, 1.54) is 0 Å². The highest BCUT2D eigenvalue weighted by atomic mass is 19.4. The van der Waals surface area contributed by atoms with E-state index in [4.69, 9.17) is 0 Å². The summed E-state index contributed by atoms with van der Waals surface area (Å²) in [5, 5.41) is 0. The van der Waals surface area contributed by atoms with Crippen LogP contribution < -0.4 is 0 Å². The fourth-order valence-electron chi connectivity index (χ4n) is 3.78. The Hall–Kier alpha value is -2.10. The zero-order valence-corrected chi connectivity index (χ0v) is 14.1. The van der Waals surface area contributed by atoms with Crippen molar-refractivity contribution in [3.05, 3.63) is 70.8 Å². The second-order valence-electron chi connectivity index (χ2n) is 6.87. The third-order valence-corrected chi connectivity index (χ3v) is 5.03. The van der Waals surface area contributed by atoms with Crippen molar-refractivity contribution in [2.45, 2.75) is 50.6 Å². The monoisotopic (exact) mass is 346 g/mol. The number of hydrogen-bond acceptors (Lipinski definition) is 1. The molecule has 0 saturated carbocycles. The van der Waals surface area contributed by atoms with Crippen LogP contribution in [0.4, 0.5) is 13.2 Å². The summed E-state index contributed by atoms with van der Waals surface area (Å²) in [7, 11) is 0. The molecule has 0 aromatic heterocycles. The van der Waals surface area contributed by atoms with Gasteiger partial charge in [0.25, 0.3) is 0 Å². The third kappa shape index (κ3) is 4.12. The molecule has 0 aliphatic heterocycles. The van der Waals surface area contributed by atoms with Gasteiger partial charge >= 0.3 is 6.18 Å². The fraction of sp³-hybridized carbons (Fsp3) is 0.381. The molecule has 0 N–H and O–H groups in total. The summed E-state index contributed by atoms with van der Waals surface area (Å²) in [5.74, 6) is -0.598. The molecule has 1 aliphatic rings. The third-order valence-electron chi connectivity index (χ3n) is 5.03. The van der Waals surface area contributed by atoms with Crippen molar-refractivity contribution >= 4 is 5.78 Å². The van der Waals surface area contributed by atoms with Gasteiger partial charge in [0.2, 0.25) is 0 Å². The molecule has 0 spiro atoms. The molecule has 132 valence electrons. The molecule has 2 unspecified atom stereocenters. The van der Waals surface area contributed by atoms with E-state index in [-0.39, 0.29) is 18.1 Å². The van der Waals surface area contributed by atoms with Crippen molar-refractivity contribution in [3.8, 4) is 0 Å². The van der Waals surface area contributed by atoms with E-state index in [9.17, 15) is 18.0 Å². The van der Waals surface area contributed by atoms with Crippen molar-refractivity contribution in [1.29, 1.82) is 0 Å². The van der Waals surface area contributed by atoms with Crippen LogP contribution in [0, 0.1) is 0 Å². The topological polar surface area (TPSA) is 17.1 Å². The number of halogens is 3. The molecule has 0 amide bonds. The van der Waals surface area contributed by atoms with E-state index < -0.39 is 18.5 Å². The Balaban J connectivity index is 2.11. The smallest absolute Gasteiger partial charge is 0.294 e. The van der Waals surface area contributed by atoms with Crippen LogP contribution >= 0.6 is 0 Å². The van der Waals surface area contributed by atoms with Crippen LogP contribution in [0.25, 0.3) is 0 Å². The van der Waals surface area contributed by atoms with Crippen molar-refractivity contribution in [1.82, 2.24) is 0 Å². The highest BCUT2D eigenvalue weighted by molar-refractivity contribution is 5.97. The van der Waals surface area contributed by atoms with E-state index in [1.807, 2.05) is 25.1 Å². The largest absolute Gasteiger partial charge is 0.389 e. The molecule has 1 nitrogen and oxygen atoms in total. The van der Waals surface area contributed by atoms with Crippen LogP contribution in [-0.2, 0) is 6.42 Å². The van der Waals surface area contributed by atoms with E-state index >= 15 is 0 Å². The molecule has 4 heteroatoms. The van der Waals surface area contributed by atoms with Gasteiger partial charge in [0.15, 0.2) is 5.78 Å². The Labute approximate surface area is 145 Å². The number of carbonyl (C=O) groups is 1. The Morgan fingerprint density at radius 1 is 1.00 bits per heavy atom. The quantitative estimate of drug-likeness (QED) is 0.615. The lowest BCUT2D eigenvalue weighted by Gasteiger charge is -2.26. The molecular formula is C21H21F3O. The molecule has 2 aromatic rings. The molecule has 0 fully saturated rings. The summed E-state index contributed by atoms with van der Waals surface area (Å²) < 4.78 is 39.7. The van der Waals surface area contributed by atoms with E-state index in [1.54, 1.807) is 30.3 Å². The lowest BCUT2D eigenvalue weighted by Crippen LogP contribution is -2.20. The van der Waals surface area contributed by atoms with Crippen LogP contribution in [0.1, 0.15) is 65.1 Å². The summed E-state index contributed by atoms with van der Waals surface area (Å²) in [5.41, 5.74) is 2.98. The standard InChI is InChI=1S/C21H21F3O/c1-14-10-11-20(25)19-9-3-2-6-15(19)12-16(13-21(22,23)24)18-8-5-4-7-17(14)18/h2-9,14,16H,10-13H2,1H3. The zero-order valence-electron chi connectivity index (χ0n) is 14.1. The normalized spacial score (nSPS) is 21.4. The van der Waals surface area contributed by atoms with Gasteiger partial charge in [-0.3, -0.25) is 4.79 Å². The van der Waals surface area contributed by atoms with Crippen molar-refractivity contribution < 1.29 is 18.0 Å². The first-order chi connectivity index (χ1) is 11.8. The van der Waals surface area contributed by atoms with Gasteiger partial charge in [-0.2, -0.15) is 13.2 Å². The van der Waals surface area contributed by atoms with Crippen LogP contribution in [0.5, 0.6) is 0 Å². The Morgan fingerprint density at radius 2 is 1.64 bits per heavy atom. The molecule has 2 aromatic carbocycles. The van der Waals surface area contributed by atoms with E-state index in [0.717, 1.165) is 11.1 Å². The number of ketones is 1. The molecule has 0 saturated heterocycles. The predicted molar refractivity (Wildman–Crippen MR) is 92.0 cm³/mol. The SMILES string of the molecule is CC1CCC(=O)c2ccccc2CC(CC(F)(F)F)c2ccccc21. The van der Waals surface area contributed by atoms with Crippen LogP contribution in [0.2, 0.25) is 0 Å². The average Bonchev–Trinajstić information content (AvgIpc) is 2.57. The van der Waals surface area contributed by atoms with Gasteiger partial charge in [0.05, 0.1) is 6.42 Å². The Bertz CT molecular complexity index is 764. The molecule has 0 radical (unpaired) electrons. The van der Waals surface area contributed by atoms with Gasteiger partial charge in [-0.15, -0.1) is 0 Å². The Kier molecular flexibility index (Phi) is 4.98. The van der Waals surface area contributed by atoms with Crippen LogP contribution in [-0.4, -0.2) is 12.0 Å². The van der Waals surface area contributed by atoms with Gasteiger partial charge < -0.3 is 0 Å². The maximum atomic E-state index is 13.2. The maximum Gasteiger partial charge on any atom is 0.389 e. The van der Waals surface area contributed by atoms with Crippen molar-refractivity contribution in [2.75, 3.05) is 0 Å². The molecule has 0 bridgehead atoms. The first-order valence-electron chi connectivity index (χ1n) is 8.62. The summed E-state index contributed by atoms with van der Waals surface area (Å²) >= 11 is 0. The molecular weight excluding hydrogens is 325 g/mol. The first-order valence-corrected chi connectivity index (χ1v) is 8.62. The van der Waals surface area contributed by atoms with Crippen molar-refractivity contribution in [3.63, 3.8) is 0 Å². The maximum absolute atomic E-state index is 13.2. The highest BCUT2D eigenvalue weighted by Gasteiger charge is 2.34. The lowest BCUT2D eigenvalue weighted by molar-refractivity contribution is -0.138. The second kappa shape index (κ2) is 7.03. The number of benzene rings is 2. The van der Waals surface area contributed by atoms with Gasteiger partial charge in [0, 0.05) is 12.0 Å². The minimum absolute atomic E-state index is 0.0209. The van der Waals surface area contributed by atoms with E-state index in [0.29, 0.717) is 24.0 Å². The number of fused-ring (bicyclic) bond motifs is 2. The fourth-order valence-corrected chi connectivity index (χ4v) is 3.78. The highest BCUT2D eigenvalue weighted by Crippen LogP contribution is 2.39. The number of Topliss-reactive ketones (excluding diaryl/α,β-unsaturated/α-hetero) is 1. The van der Waals surface area contributed by atoms with Gasteiger partial charge in [-0.05, 0) is 41.4 Å². The van der Waals surface area contributed by atoms with Crippen LogP contribution in [0.3, 0.4) is 0 Å². The predicted octanol–water partition coefficient (Wildman–Crippen LogP) is 6.05. The molecule has 3 rings (SSSR count). The second-order valence-corrected chi connectivity index (χ2v) is 6.87. The van der Waals surface area contributed by atoms with E-state index in [2.05, 4.69) is 0 Å². The lowest BCUT2D eigenvalue weighted by atomic mass is 9.79. The van der Waals surface area contributed by atoms with Gasteiger partial charge in [-0.1, -0.05) is 55.5 Å². The molecule has 0 heterocycles. The summed E-state index contributed by atoms with van der Waals surface area (Å²) in [4.78, 5) is 12.6. The van der Waals surface area contributed by atoms with Crippen LogP contribution in [0.15, 0.2) is 48.5 Å². The minimum Gasteiger partial charge on any atom is -0.294 e.